The van der Waals surface area contributed by atoms with Crippen molar-refractivity contribution in [2.75, 3.05) is 72.7 Å². The van der Waals surface area contributed by atoms with Gasteiger partial charge in [0.05, 0.1) is 72.7 Å². The van der Waals surface area contributed by atoms with Crippen LogP contribution in [-0.2, 0) is 105 Å². The van der Waals surface area contributed by atoms with Gasteiger partial charge >= 0.3 is 65.7 Å². The predicted molar refractivity (Wildman–Crippen MR) is 614 cm³/mol. The number of carbonyl (C=O) groups is 11. The van der Waals surface area contributed by atoms with Crippen molar-refractivity contribution in [3.05, 3.63) is 136 Å². The average Bonchev–Trinajstić information content (AvgIpc) is 1.03. The summed E-state index contributed by atoms with van der Waals surface area (Å²) in [4.78, 5) is 119. The molecule has 0 aliphatic rings. The maximum atomic E-state index is 11.0. The zero-order valence-electron chi connectivity index (χ0n) is 97.5. The Balaban J connectivity index is -0.000000153. The first-order valence-corrected chi connectivity index (χ1v) is 57.1. The lowest BCUT2D eigenvalue weighted by Gasteiger charge is -2.04. The molecule has 0 aliphatic carbocycles. The Morgan fingerprint density at radius 2 is 0.212 bits per heavy atom. The lowest BCUT2D eigenvalue weighted by Crippen LogP contribution is -2.05. The molecule has 0 heterocycles. The fourth-order valence-electron chi connectivity index (χ4n) is 12.1. The van der Waals surface area contributed by atoms with E-state index < -0.39 is 0 Å². The van der Waals surface area contributed by atoms with Crippen LogP contribution in [0.2, 0.25) is 0 Å². The van der Waals surface area contributed by atoms with Crippen molar-refractivity contribution in [3.8, 4) is 0 Å². The van der Waals surface area contributed by atoms with Crippen molar-refractivity contribution in [1.82, 2.24) is 0 Å². The summed E-state index contributed by atoms with van der Waals surface area (Å²) in [5.41, 5.74) is 2.88. The van der Waals surface area contributed by atoms with Crippen LogP contribution in [0.4, 0.5) is 0 Å². The zero-order valence-corrected chi connectivity index (χ0v) is 97.5. The Morgan fingerprint density at radius 3 is 0.308 bits per heavy atom. The third-order valence-corrected chi connectivity index (χ3v) is 21.3. The van der Waals surface area contributed by atoms with Gasteiger partial charge in [-0.05, 0) is 112 Å². The number of esters is 11. The molecule has 0 spiro atoms. The summed E-state index contributed by atoms with van der Waals surface area (Å²) in [7, 11) is 0. The number of unbranched alkanes of at least 4 members (excludes halogenated alkanes) is 52. The van der Waals surface area contributed by atoms with Crippen LogP contribution in [0.25, 0.3) is 0 Å². The third-order valence-electron chi connectivity index (χ3n) is 21.3. The lowest BCUT2D eigenvalue weighted by atomic mass is 10.1. The Bertz CT molecular complexity index is 3100. The molecular weight excluding hydrogens is 1840 g/mol. The van der Waals surface area contributed by atoms with Gasteiger partial charge in [-0.15, -0.1) is 0 Å². The number of ether oxygens (including phenoxy) is 11. The molecule has 0 aliphatic heterocycles. The number of hydrogen-bond donors (Lipinski definition) is 0. The van der Waals surface area contributed by atoms with E-state index in [2.05, 4.69) is 149 Å². The summed E-state index contributed by atoms with van der Waals surface area (Å²) in [5, 5.41) is 0. The highest BCUT2D eigenvalue weighted by molar-refractivity contribution is 5.89. The van der Waals surface area contributed by atoms with Gasteiger partial charge in [0.2, 0.25) is 0 Å². The largest absolute Gasteiger partial charge is 0.463 e. The number of carbonyl (C=O) groups excluding carboxylic acids is 11. The molecule has 22 nitrogen and oxygen atoms in total. The van der Waals surface area contributed by atoms with Gasteiger partial charge in [-0.1, -0.05) is 482 Å². The smallest absolute Gasteiger partial charge is 0.333 e. The van der Waals surface area contributed by atoms with Crippen LogP contribution in [0.1, 0.15) is 522 Å². The van der Waals surface area contributed by atoms with Gasteiger partial charge < -0.3 is 52.1 Å². The van der Waals surface area contributed by atoms with Gasteiger partial charge in [-0.3, -0.25) is 0 Å². The zero-order chi connectivity index (χ0) is 112. The van der Waals surface area contributed by atoms with E-state index >= 15 is 0 Å². The van der Waals surface area contributed by atoms with E-state index in [1.807, 2.05) is 0 Å². The molecule has 0 saturated carbocycles. The van der Waals surface area contributed by atoms with E-state index in [0.717, 1.165) is 148 Å². The molecule has 0 aromatic carbocycles. The van der Waals surface area contributed by atoms with Gasteiger partial charge in [-0.25, -0.2) is 52.7 Å². The highest BCUT2D eigenvalue weighted by Crippen LogP contribution is 2.15. The Kier molecular flexibility index (Phi) is 156. The highest BCUT2D eigenvalue weighted by atomic mass is 16.6. The molecule has 0 saturated heterocycles. The fraction of sp³-hybridized carbons (Fsp3) is 0.734. The second-order valence-corrected chi connectivity index (χ2v) is 36.7. The molecule has 0 radical (unpaired) electrons. The van der Waals surface area contributed by atoms with Gasteiger partial charge in [-0.2, -0.15) is 0 Å². The molecule has 22 heteroatoms. The maximum absolute atomic E-state index is 11.0. The van der Waals surface area contributed by atoms with Crippen LogP contribution in [0.5, 0.6) is 0 Å². The first-order chi connectivity index (χ1) is 70.1. The molecule has 0 N–H and O–H groups in total. The molecule has 0 amide bonds. The quantitative estimate of drug-likeness (QED) is 0.0236. The third kappa shape index (κ3) is 166. The van der Waals surface area contributed by atoms with Crippen LogP contribution in [0.15, 0.2) is 136 Å². The number of hydrogen-bond acceptors (Lipinski definition) is 22. The summed E-state index contributed by atoms with van der Waals surface area (Å²) < 4.78 is 53.9. The van der Waals surface area contributed by atoms with Gasteiger partial charge in [0.15, 0.2) is 0 Å². The minimum absolute atomic E-state index is 0.261. The topological polar surface area (TPSA) is 289 Å². The minimum Gasteiger partial charge on any atom is -0.463 e. The number of rotatable bonds is 85. The first-order valence-electron chi connectivity index (χ1n) is 57.1. The van der Waals surface area contributed by atoms with Crippen LogP contribution >= 0.6 is 0 Å². The van der Waals surface area contributed by atoms with Crippen molar-refractivity contribution in [1.29, 1.82) is 0 Å². The molecule has 0 rings (SSSR count). The molecule has 0 unspecified atom stereocenters. The van der Waals surface area contributed by atoms with Gasteiger partial charge in [0.25, 0.3) is 0 Å². The fourth-order valence-corrected chi connectivity index (χ4v) is 12.1. The molecule has 0 bridgehead atoms. The molecule has 0 aromatic heterocycles. The van der Waals surface area contributed by atoms with Crippen molar-refractivity contribution in [2.45, 2.75) is 522 Å². The lowest BCUT2D eigenvalue weighted by molar-refractivity contribution is -0.139. The van der Waals surface area contributed by atoms with Crippen molar-refractivity contribution < 1.29 is 105 Å². The van der Waals surface area contributed by atoms with E-state index in [4.69, 9.17) is 52.1 Å². The first kappa shape index (κ1) is 160. The molecule has 0 atom stereocenters. The van der Waals surface area contributed by atoms with Gasteiger partial charge in [0.1, 0.15) is 0 Å². The molecule has 854 valence electrons. The summed E-state index contributed by atoms with van der Waals surface area (Å²) in [6.07, 6.45) is 82.0. The molecule has 0 aromatic rings. The van der Waals surface area contributed by atoms with Gasteiger partial charge in [0, 0.05) is 63.8 Å². The Labute approximate surface area is 896 Å². The van der Waals surface area contributed by atoms with Crippen LogP contribution in [-0.4, -0.2) is 138 Å². The predicted octanol–water partition coefficient (Wildman–Crippen LogP) is 35.0. The van der Waals surface area contributed by atoms with Crippen molar-refractivity contribution >= 4 is 65.7 Å². The highest BCUT2D eigenvalue weighted by Gasteiger charge is 2.09. The Morgan fingerprint density at radius 1 is 0.137 bits per heavy atom. The van der Waals surface area contributed by atoms with Crippen molar-refractivity contribution in [2.24, 2.45) is 0 Å². The van der Waals surface area contributed by atoms with Crippen molar-refractivity contribution in [3.63, 3.8) is 0 Å². The van der Waals surface area contributed by atoms with E-state index in [1.165, 1.54) is 287 Å². The monoisotopic (exact) mass is 2070 g/mol. The standard InChI is InChI=1S/C14H26O2.2C13H24O2.2C12H22O2.2C11H20O2.2C10H18O2.2C9H16O2/c1-4-5-6-7-8-9-10-11-12-16-14(15)13(2)3;1-4-5-6-7-8-9-10-11-15-13(14)12(2)3;1-3-5-6-7-8-9-10-11-12-15-13(14)4-2;1-4-5-6-7-8-9-10-14-12(13)11(2)3;1-3-5-6-7-8-9-10-11-14-12(13)4-2;1-4-5-6-7-8-9-13-11(12)10(2)3;1-3-5-6-7-8-9-10-13-11(12)4-2;1-4-5-6-7-8-12-10(11)9(2)3;1-3-5-6-7-8-9-12-10(11)4-2;1-4-5-6-7-11-9(10)8(2)3;1-3-5-6-7-8-11-9(10)4-2/h2,4-12H2,1,3H3;2,4-11H2,1,3H3;4H,2-3,5-12H2,1H3;2,4-10H2,1,3H3;4H,2-3,5-11H2,1H3;2,4-9H2,1,3H3;4H,2-3,5-10H2,1H3;2,4-8H2,1,3H3;4H,2-3,5-9H2,1H3;2,4-7H2,1,3H3;4H,2-3,5-8H2,1H3. The van der Waals surface area contributed by atoms with Crippen LogP contribution in [0, 0.1) is 0 Å². The molecule has 0 fully saturated rings. The van der Waals surface area contributed by atoms with E-state index in [-0.39, 0.29) is 65.7 Å². The van der Waals surface area contributed by atoms with Crippen LogP contribution in [0.3, 0.4) is 0 Å². The summed E-state index contributed by atoms with van der Waals surface area (Å²) in [6, 6.07) is 0. The second kappa shape index (κ2) is 143. The Hall–Kier alpha value is -8.69. The normalized spacial score (nSPS) is 9.71. The summed E-state index contributed by atoms with van der Waals surface area (Å²) in [6.45, 7) is 77.7. The van der Waals surface area contributed by atoms with E-state index in [1.54, 1.807) is 41.5 Å². The SMILES string of the molecule is C=C(C)C(=O)OCCCCC.C=C(C)C(=O)OCCCCCC.C=C(C)C(=O)OCCCCCCC.C=C(C)C(=O)OCCCCCCCC.C=C(C)C(=O)OCCCCCCCCC.C=C(C)C(=O)OCCCCCCCCCC.C=CC(=O)OCCCCCC.C=CC(=O)OCCCCCCC.C=CC(=O)OCCCCCCCC.C=CC(=O)OCCCCCCCCC.C=CC(=O)OCCCCCCCCCC. The summed E-state index contributed by atoms with van der Waals surface area (Å²) in [5.74, 6) is -3.17. The second-order valence-electron chi connectivity index (χ2n) is 36.7. The molecule has 146 heavy (non-hydrogen) atoms. The van der Waals surface area contributed by atoms with E-state index in [0.29, 0.717) is 106 Å². The molecular formula is C124H226O22. The average molecular weight is 2070 g/mol. The van der Waals surface area contributed by atoms with Crippen LogP contribution < -0.4 is 0 Å². The van der Waals surface area contributed by atoms with E-state index in [9.17, 15) is 52.7 Å². The maximum Gasteiger partial charge on any atom is 0.333 e. The minimum atomic E-state index is -0.318. The summed E-state index contributed by atoms with van der Waals surface area (Å²) >= 11 is 0.